The second-order valence-corrected chi connectivity index (χ2v) is 7.96. The van der Waals surface area contributed by atoms with E-state index in [1.54, 1.807) is 0 Å². The summed E-state index contributed by atoms with van der Waals surface area (Å²) in [4.78, 5) is 22.3. The largest absolute Gasteiger partial charge is 0.382 e. The topological polar surface area (TPSA) is 63.0 Å². The van der Waals surface area contributed by atoms with Crippen molar-refractivity contribution in [3.63, 3.8) is 0 Å². The van der Waals surface area contributed by atoms with Crippen LogP contribution in [0.5, 0.6) is 0 Å². The molecule has 0 aliphatic carbocycles. The van der Waals surface area contributed by atoms with Gasteiger partial charge in [0.15, 0.2) is 0 Å². The van der Waals surface area contributed by atoms with E-state index in [9.17, 15) is 4.79 Å². The third kappa shape index (κ3) is 3.30. The summed E-state index contributed by atoms with van der Waals surface area (Å²) in [6.45, 7) is 6.77. The molecule has 0 spiro atoms. The number of hydrogen-bond acceptors (Lipinski definition) is 5. The summed E-state index contributed by atoms with van der Waals surface area (Å²) in [5, 5.41) is 8.70. The molecule has 0 radical (unpaired) electrons. The fourth-order valence-electron chi connectivity index (χ4n) is 4.34. The molecule has 4 heterocycles. The van der Waals surface area contributed by atoms with Crippen LogP contribution < -0.4 is 0 Å². The van der Waals surface area contributed by atoms with Crippen LogP contribution in [0, 0.1) is 0 Å². The zero-order chi connectivity index (χ0) is 19.1. The number of oxime groups is 1. The van der Waals surface area contributed by atoms with Gasteiger partial charge in [-0.3, -0.25) is 14.4 Å². The number of carbonyl (C=O) groups is 1. The standard InChI is InChI=1S/C21H25N5O2/c1-15-10-20(28-23-15)21(27)25-8-9-26-19(14-25)11-18(22-26)13-24-7-6-16-4-2-3-5-17(16)12-24/h2-5,11,20H,6-10,12-14H2,1H3/t20-/m0/s1. The lowest BCUT2D eigenvalue weighted by molar-refractivity contribution is -0.143. The first-order chi connectivity index (χ1) is 13.7. The van der Waals surface area contributed by atoms with E-state index in [2.05, 4.69) is 40.4 Å². The van der Waals surface area contributed by atoms with Crippen LogP contribution in [0.2, 0.25) is 0 Å². The van der Waals surface area contributed by atoms with Gasteiger partial charge in [-0.05, 0) is 30.5 Å². The van der Waals surface area contributed by atoms with Crippen molar-refractivity contribution in [1.29, 1.82) is 0 Å². The number of benzene rings is 1. The van der Waals surface area contributed by atoms with Crippen LogP contribution in [0.15, 0.2) is 35.5 Å². The highest BCUT2D eigenvalue weighted by Gasteiger charge is 2.32. The number of nitrogens with zero attached hydrogens (tertiary/aromatic N) is 5. The van der Waals surface area contributed by atoms with Crippen molar-refractivity contribution >= 4 is 11.6 Å². The van der Waals surface area contributed by atoms with Crippen LogP contribution in [0.25, 0.3) is 0 Å². The zero-order valence-electron chi connectivity index (χ0n) is 16.2. The van der Waals surface area contributed by atoms with Crippen molar-refractivity contribution in [2.24, 2.45) is 5.16 Å². The highest BCUT2D eigenvalue weighted by molar-refractivity contribution is 5.91. The number of aromatic nitrogens is 2. The Hall–Kier alpha value is -2.67. The second-order valence-electron chi connectivity index (χ2n) is 7.96. The van der Waals surface area contributed by atoms with E-state index in [-0.39, 0.29) is 5.91 Å². The van der Waals surface area contributed by atoms with Gasteiger partial charge in [-0.2, -0.15) is 5.10 Å². The van der Waals surface area contributed by atoms with E-state index >= 15 is 0 Å². The quantitative estimate of drug-likeness (QED) is 0.818. The van der Waals surface area contributed by atoms with Crippen molar-refractivity contribution < 1.29 is 9.63 Å². The third-order valence-corrected chi connectivity index (χ3v) is 5.85. The minimum Gasteiger partial charge on any atom is -0.382 e. The molecular weight excluding hydrogens is 354 g/mol. The number of hydrogen-bond donors (Lipinski definition) is 0. The van der Waals surface area contributed by atoms with E-state index < -0.39 is 6.10 Å². The molecule has 0 fully saturated rings. The predicted molar refractivity (Wildman–Crippen MR) is 105 cm³/mol. The first kappa shape index (κ1) is 17.4. The zero-order valence-corrected chi connectivity index (χ0v) is 16.2. The first-order valence-electron chi connectivity index (χ1n) is 9.98. The fraction of sp³-hybridized carbons (Fsp3) is 0.476. The molecule has 146 valence electrons. The SMILES string of the molecule is CC1=NO[C@H](C(=O)N2CCn3nc(CN4CCc5ccccc5C4)cc3C2)C1. The maximum absolute atomic E-state index is 12.7. The molecule has 3 aliphatic heterocycles. The van der Waals surface area contributed by atoms with Gasteiger partial charge in [0.2, 0.25) is 6.10 Å². The van der Waals surface area contributed by atoms with Crippen molar-refractivity contribution in [2.45, 2.75) is 52.0 Å². The van der Waals surface area contributed by atoms with E-state index in [4.69, 9.17) is 9.94 Å². The summed E-state index contributed by atoms with van der Waals surface area (Å²) in [5.41, 5.74) is 5.95. The van der Waals surface area contributed by atoms with Crippen molar-refractivity contribution in [3.8, 4) is 0 Å². The fourth-order valence-corrected chi connectivity index (χ4v) is 4.34. The summed E-state index contributed by atoms with van der Waals surface area (Å²) in [5.74, 6) is 0.0298. The molecule has 2 aromatic rings. The van der Waals surface area contributed by atoms with E-state index in [0.717, 1.165) is 49.7 Å². The average molecular weight is 379 g/mol. The summed E-state index contributed by atoms with van der Waals surface area (Å²) in [6.07, 6.45) is 1.23. The maximum Gasteiger partial charge on any atom is 0.267 e. The van der Waals surface area contributed by atoms with Gasteiger partial charge >= 0.3 is 0 Å². The van der Waals surface area contributed by atoms with Crippen LogP contribution in [-0.4, -0.2) is 50.4 Å². The van der Waals surface area contributed by atoms with E-state index in [1.807, 2.05) is 16.5 Å². The van der Waals surface area contributed by atoms with Gasteiger partial charge in [-0.1, -0.05) is 29.4 Å². The Morgan fingerprint density at radius 3 is 2.86 bits per heavy atom. The Labute approximate surface area is 164 Å². The molecule has 1 amide bonds. The van der Waals surface area contributed by atoms with Gasteiger partial charge in [0.1, 0.15) is 0 Å². The van der Waals surface area contributed by atoms with Crippen LogP contribution in [-0.2, 0) is 42.2 Å². The summed E-state index contributed by atoms with van der Waals surface area (Å²) >= 11 is 0. The molecule has 0 bridgehead atoms. The molecule has 0 N–H and O–H groups in total. The molecule has 28 heavy (non-hydrogen) atoms. The lowest BCUT2D eigenvalue weighted by Crippen LogP contribution is -2.43. The van der Waals surface area contributed by atoms with Crippen molar-refractivity contribution in [3.05, 3.63) is 52.8 Å². The average Bonchev–Trinajstić information content (AvgIpc) is 3.32. The predicted octanol–water partition coefficient (Wildman–Crippen LogP) is 1.95. The molecule has 0 saturated carbocycles. The van der Waals surface area contributed by atoms with Crippen LogP contribution in [0.3, 0.4) is 0 Å². The summed E-state index contributed by atoms with van der Waals surface area (Å²) in [7, 11) is 0. The smallest absolute Gasteiger partial charge is 0.267 e. The molecule has 0 saturated heterocycles. The number of amides is 1. The monoisotopic (exact) mass is 379 g/mol. The minimum atomic E-state index is -0.456. The Morgan fingerprint density at radius 2 is 2.04 bits per heavy atom. The molecule has 5 rings (SSSR count). The maximum atomic E-state index is 12.7. The Kier molecular flexibility index (Phi) is 4.39. The molecule has 1 atom stereocenters. The number of rotatable bonds is 3. The normalized spacial score (nSPS) is 21.7. The van der Waals surface area contributed by atoms with E-state index in [1.165, 1.54) is 11.1 Å². The molecule has 7 nitrogen and oxygen atoms in total. The lowest BCUT2D eigenvalue weighted by atomic mass is 10.00. The molecule has 1 aromatic heterocycles. The van der Waals surface area contributed by atoms with Crippen LogP contribution in [0.1, 0.15) is 35.9 Å². The molecule has 7 heteroatoms. The third-order valence-electron chi connectivity index (χ3n) is 5.85. The molecule has 0 unspecified atom stereocenters. The molecule has 3 aliphatic rings. The summed E-state index contributed by atoms with van der Waals surface area (Å²) < 4.78 is 2.05. The highest BCUT2D eigenvalue weighted by atomic mass is 16.6. The number of fused-ring (bicyclic) bond motifs is 2. The summed E-state index contributed by atoms with van der Waals surface area (Å²) in [6, 6.07) is 10.8. The van der Waals surface area contributed by atoms with Gasteiger partial charge in [0.05, 0.1) is 30.2 Å². The lowest BCUT2D eigenvalue weighted by Gasteiger charge is -2.29. The van der Waals surface area contributed by atoms with Gasteiger partial charge < -0.3 is 9.74 Å². The van der Waals surface area contributed by atoms with Crippen molar-refractivity contribution in [1.82, 2.24) is 19.6 Å². The van der Waals surface area contributed by atoms with Gasteiger partial charge in [-0.25, -0.2) is 0 Å². The second kappa shape index (κ2) is 7.05. The highest BCUT2D eigenvalue weighted by Crippen LogP contribution is 2.22. The minimum absolute atomic E-state index is 0.0298. The van der Waals surface area contributed by atoms with Crippen molar-refractivity contribution in [2.75, 3.05) is 13.1 Å². The van der Waals surface area contributed by atoms with Crippen LogP contribution >= 0.6 is 0 Å². The molecule has 1 aromatic carbocycles. The number of carbonyl (C=O) groups excluding carboxylic acids is 1. The van der Waals surface area contributed by atoms with Gasteiger partial charge in [0, 0.05) is 32.6 Å². The molecular formula is C21H25N5O2. The Bertz CT molecular complexity index is 935. The van der Waals surface area contributed by atoms with Crippen LogP contribution in [0.4, 0.5) is 0 Å². The van der Waals surface area contributed by atoms with Gasteiger partial charge in [-0.15, -0.1) is 0 Å². The van der Waals surface area contributed by atoms with Gasteiger partial charge in [0.25, 0.3) is 5.91 Å². The van der Waals surface area contributed by atoms with E-state index in [0.29, 0.717) is 19.5 Å². The first-order valence-corrected chi connectivity index (χ1v) is 9.98. The Morgan fingerprint density at radius 1 is 1.18 bits per heavy atom. The Balaban J connectivity index is 1.23.